The number of ether oxygens (including phenoxy) is 1. The molecule has 0 radical (unpaired) electrons. The van der Waals surface area contributed by atoms with Crippen LogP contribution in [0, 0.1) is 6.92 Å². The molecule has 0 amide bonds. The fourth-order valence-corrected chi connectivity index (χ4v) is 2.98. The molecule has 0 bridgehead atoms. The maximum Gasteiger partial charge on any atom is 0.119 e. The van der Waals surface area contributed by atoms with Gasteiger partial charge in [-0.2, -0.15) is 0 Å². The molecule has 0 heterocycles. The van der Waals surface area contributed by atoms with Crippen LogP contribution in [-0.4, -0.2) is 4.86 Å². The highest BCUT2D eigenvalue weighted by Crippen LogP contribution is 2.24. The quantitative estimate of drug-likeness (QED) is 0.394. The molecule has 1 unspecified atom stereocenters. The molecule has 0 aromatic heterocycles. The maximum absolute atomic E-state index is 5.85. The van der Waals surface area contributed by atoms with Crippen LogP contribution in [0.4, 0.5) is 0 Å². The van der Waals surface area contributed by atoms with E-state index < -0.39 is 0 Å². The lowest BCUT2D eigenvalue weighted by atomic mass is 9.93. The van der Waals surface area contributed by atoms with E-state index in [1.54, 1.807) is 0 Å². The van der Waals surface area contributed by atoms with Crippen LogP contribution in [0.15, 0.2) is 78.9 Å². The summed E-state index contributed by atoms with van der Waals surface area (Å²) < 4.78 is 5.85. The van der Waals surface area contributed by atoms with Gasteiger partial charge in [0.2, 0.25) is 0 Å². The first kappa shape index (κ1) is 17.4. The normalized spacial score (nSPS) is 11.8. The van der Waals surface area contributed by atoms with Crippen molar-refractivity contribution in [3.63, 3.8) is 0 Å². The van der Waals surface area contributed by atoms with Crippen LogP contribution in [0.2, 0.25) is 0 Å². The summed E-state index contributed by atoms with van der Waals surface area (Å²) in [5.74, 6) is 1.07. The molecule has 3 aromatic rings. The Balaban J connectivity index is 1.65. The van der Waals surface area contributed by atoms with Gasteiger partial charge in [0.05, 0.1) is 0 Å². The summed E-state index contributed by atoms with van der Waals surface area (Å²) >= 11 is 5.69. The van der Waals surface area contributed by atoms with Crippen LogP contribution in [0.5, 0.6) is 5.75 Å². The molecule has 3 rings (SSSR count). The Labute approximate surface area is 155 Å². The Hall–Kier alpha value is -2.45. The molecule has 0 N–H and O–H groups in total. The molecule has 0 aliphatic heterocycles. The first-order valence-corrected chi connectivity index (χ1v) is 8.92. The Morgan fingerprint density at radius 3 is 2.16 bits per heavy atom. The van der Waals surface area contributed by atoms with Crippen molar-refractivity contribution in [2.45, 2.75) is 26.4 Å². The van der Waals surface area contributed by atoms with Crippen molar-refractivity contribution in [2.75, 3.05) is 0 Å². The van der Waals surface area contributed by atoms with E-state index in [0.29, 0.717) is 6.61 Å². The van der Waals surface area contributed by atoms with Crippen molar-refractivity contribution in [1.29, 1.82) is 0 Å². The van der Waals surface area contributed by atoms with E-state index in [1.165, 1.54) is 16.7 Å². The van der Waals surface area contributed by atoms with Gasteiger partial charge in [-0.25, -0.2) is 0 Å². The largest absolute Gasteiger partial charge is 0.489 e. The summed E-state index contributed by atoms with van der Waals surface area (Å²) in [5, 5.41) is 0. The van der Waals surface area contributed by atoms with Crippen LogP contribution >= 0.6 is 12.2 Å². The summed E-state index contributed by atoms with van der Waals surface area (Å²) in [5.41, 5.74) is 4.75. The number of thiocarbonyl (C=S) groups is 1. The highest BCUT2D eigenvalue weighted by atomic mass is 32.1. The van der Waals surface area contributed by atoms with E-state index in [0.717, 1.165) is 16.2 Å². The van der Waals surface area contributed by atoms with Gasteiger partial charge < -0.3 is 4.74 Å². The zero-order chi connectivity index (χ0) is 17.6. The van der Waals surface area contributed by atoms with Crippen molar-refractivity contribution >= 4 is 17.1 Å². The Morgan fingerprint density at radius 1 is 0.880 bits per heavy atom. The predicted molar refractivity (Wildman–Crippen MR) is 109 cm³/mol. The van der Waals surface area contributed by atoms with Gasteiger partial charge in [0.1, 0.15) is 12.4 Å². The Kier molecular flexibility index (Phi) is 5.62. The SMILES string of the molecule is Cc1ccc(C(=S)C(C)c2ccc(OCc3ccccc3)cc2)cc1. The van der Waals surface area contributed by atoms with E-state index >= 15 is 0 Å². The van der Waals surface area contributed by atoms with Crippen LogP contribution in [-0.2, 0) is 6.61 Å². The van der Waals surface area contributed by atoms with Crippen LogP contribution < -0.4 is 4.74 Å². The molecule has 0 saturated carbocycles. The molecule has 25 heavy (non-hydrogen) atoms. The van der Waals surface area contributed by atoms with Gasteiger partial charge in [-0.15, -0.1) is 0 Å². The van der Waals surface area contributed by atoms with Gasteiger partial charge in [0.15, 0.2) is 0 Å². The molecule has 1 atom stereocenters. The van der Waals surface area contributed by atoms with E-state index in [-0.39, 0.29) is 5.92 Å². The first-order valence-electron chi connectivity index (χ1n) is 8.51. The first-order chi connectivity index (χ1) is 12.1. The molecule has 126 valence electrons. The highest BCUT2D eigenvalue weighted by Gasteiger charge is 2.13. The zero-order valence-electron chi connectivity index (χ0n) is 14.6. The summed E-state index contributed by atoms with van der Waals surface area (Å²) in [6.45, 7) is 4.82. The lowest BCUT2D eigenvalue weighted by Crippen LogP contribution is -2.08. The Bertz CT molecular complexity index is 820. The third-order valence-electron chi connectivity index (χ3n) is 4.36. The molecule has 1 nitrogen and oxygen atoms in total. The number of hydrogen-bond acceptors (Lipinski definition) is 2. The van der Waals surface area contributed by atoms with Crippen molar-refractivity contribution in [2.24, 2.45) is 0 Å². The molecule has 0 saturated heterocycles. The highest BCUT2D eigenvalue weighted by molar-refractivity contribution is 7.81. The van der Waals surface area contributed by atoms with E-state index in [4.69, 9.17) is 17.0 Å². The second-order valence-corrected chi connectivity index (χ2v) is 6.74. The van der Waals surface area contributed by atoms with Crippen LogP contribution in [0.1, 0.15) is 35.1 Å². The monoisotopic (exact) mass is 346 g/mol. The van der Waals surface area contributed by atoms with Gasteiger partial charge in [0.25, 0.3) is 0 Å². The number of rotatable bonds is 6. The zero-order valence-corrected chi connectivity index (χ0v) is 15.4. The second kappa shape index (κ2) is 8.09. The van der Waals surface area contributed by atoms with E-state index in [2.05, 4.69) is 62.4 Å². The molecule has 0 aliphatic carbocycles. The van der Waals surface area contributed by atoms with Crippen molar-refractivity contribution in [3.05, 3.63) is 101 Å². The minimum atomic E-state index is 0.195. The number of benzene rings is 3. The van der Waals surface area contributed by atoms with Gasteiger partial charge in [-0.3, -0.25) is 0 Å². The van der Waals surface area contributed by atoms with Crippen LogP contribution in [0.25, 0.3) is 0 Å². The minimum Gasteiger partial charge on any atom is -0.489 e. The second-order valence-electron chi connectivity index (χ2n) is 6.30. The average molecular weight is 346 g/mol. The molecular formula is C23H22OS. The van der Waals surface area contributed by atoms with Gasteiger partial charge in [0, 0.05) is 10.8 Å². The van der Waals surface area contributed by atoms with Crippen molar-refractivity contribution < 1.29 is 4.74 Å². The average Bonchev–Trinajstić information content (AvgIpc) is 2.67. The lowest BCUT2D eigenvalue weighted by Gasteiger charge is -2.15. The smallest absolute Gasteiger partial charge is 0.119 e. The Morgan fingerprint density at radius 2 is 1.52 bits per heavy atom. The third-order valence-corrected chi connectivity index (χ3v) is 4.95. The summed E-state index contributed by atoms with van der Waals surface area (Å²) in [6, 6.07) is 26.9. The van der Waals surface area contributed by atoms with Gasteiger partial charge >= 0.3 is 0 Å². The molecule has 0 fully saturated rings. The fraction of sp³-hybridized carbons (Fsp3) is 0.174. The summed E-state index contributed by atoms with van der Waals surface area (Å²) in [7, 11) is 0. The third kappa shape index (κ3) is 4.55. The maximum atomic E-state index is 5.85. The number of hydrogen-bond donors (Lipinski definition) is 0. The summed E-state index contributed by atoms with van der Waals surface area (Å²) in [4.78, 5) is 0.970. The van der Waals surface area contributed by atoms with Crippen LogP contribution in [0.3, 0.4) is 0 Å². The van der Waals surface area contributed by atoms with Crippen molar-refractivity contribution in [3.8, 4) is 5.75 Å². The molecule has 2 heteroatoms. The van der Waals surface area contributed by atoms with Gasteiger partial charge in [-0.05, 0) is 35.7 Å². The standard InChI is InChI=1S/C23H22OS/c1-17-8-10-21(11-9-17)23(25)18(2)20-12-14-22(15-13-20)24-16-19-6-4-3-5-7-19/h3-15,18H,16H2,1-2H3. The molecule has 3 aromatic carbocycles. The minimum absolute atomic E-state index is 0.195. The summed E-state index contributed by atoms with van der Waals surface area (Å²) in [6.07, 6.45) is 0. The van der Waals surface area contributed by atoms with Crippen molar-refractivity contribution in [1.82, 2.24) is 0 Å². The molecular weight excluding hydrogens is 324 g/mol. The molecule has 0 spiro atoms. The lowest BCUT2D eigenvalue weighted by molar-refractivity contribution is 0.306. The van der Waals surface area contributed by atoms with E-state index in [1.807, 2.05) is 30.3 Å². The number of aryl methyl sites for hydroxylation is 1. The van der Waals surface area contributed by atoms with Gasteiger partial charge in [-0.1, -0.05) is 91.4 Å². The van der Waals surface area contributed by atoms with E-state index in [9.17, 15) is 0 Å². The molecule has 0 aliphatic rings. The topological polar surface area (TPSA) is 9.23 Å². The predicted octanol–water partition coefficient (Wildman–Crippen LogP) is 6.10. The fourth-order valence-electron chi connectivity index (χ4n) is 2.71.